The van der Waals surface area contributed by atoms with Crippen molar-refractivity contribution in [2.24, 2.45) is 11.1 Å². The molecule has 0 radical (unpaired) electrons. The molecule has 1 atom stereocenters. The van der Waals surface area contributed by atoms with E-state index in [2.05, 4.69) is 11.8 Å². The maximum absolute atomic E-state index is 12.3. The topological polar surface area (TPSA) is 83.6 Å². The fourth-order valence-electron chi connectivity index (χ4n) is 2.14. The molecule has 3 N–H and O–H groups in total. The average Bonchev–Trinajstić information content (AvgIpc) is 3.03. The molecule has 2 rings (SSSR count). The highest BCUT2D eigenvalue weighted by Crippen LogP contribution is 2.31. The van der Waals surface area contributed by atoms with E-state index >= 15 is 0 Å². The predicted octanol–water partition coefficient (Wildman–Crippen LogP) is 0.429. The van der Waals surface area contributed by atoms with Crippen LogP contribution in [0.1, 0.15) is 27.9 Å². The number of likely N-dealkylation sites (tertiary alicyclic amines) is 1. The van der Waals surface area contributed by atoms with E-state index in [0.29, 0.717) is 24.4 Å². The van der Waals surface area contributed by atoms with Gasteiger partial charge in [-0.2, -0.15) is 0 Å². The van der Waals surface area contributed by atoms with Crippen molar-refractivity contribution in [3.8, 4) is 11.8 Å². The van der Waals surface area contributed by atoms with Gasteiger partial charge in [-0.15, -0.1) is 11.3 Å². The molecule has 2 heterocycles. The van der Waals surface area contributed by atoms with E-state index in [1.165, 1.54) is 11.3 Å². The number of aliphatic hydroxyl groups is 1. The maximum Gasteiger partial charge on any atom is 0.263 e. The fourth-order valence-corrected chi connectivity index (χ4v) is 2.99. The Labute approximate surface area is 121 Å². The van der Waals surface area contributed by atoms with Crippen molar-refractivity contribution in [2.75, 3.05) is 19.7 Å². The predicted molar refractivity (Wildman–Crippen MR) is 76.1 cm³/mol. The monoisotopic (exact) mass is 292 g/mol. The zero-order valence-corrected chi connectivity index (χ0v) is 12.0. The van der Waals surface area contributed by atoms with Gasteiger partial charge in [0.1, 0.15) is 6.61 Å². The Morgan fingerprint density at radius 2 is 2.30 bits per heavy atom. The minimum Gasteiger partial charge on any atom is -0.384 e. The summed E-state index contributed by atoms with van der Waals surface area (Å²) in [5.41, 5.74) is 4.74. The lowest BCUT2D eigenvalue weighted by atomic mass is 9.89. The van der Waals surface area contributed by atoms with Crippen molar-refractivity contribution in [3.05, 3.63) is 21.9 Å². The van der Waals surface area contributed by atoms with Crippen molar-refractivity contribution in [1.82, 2.24) is 4.90 Å². The van der Waals surface area contributed by atoms with Gasteiger partial charge in [0.15, 0.2) is 0 Å². The van der Waals surface area contributed by atoms with Crippen LogP contribution < -0.4 is 5.73 Å². The summed E-state index contributed by atoms with van der Waals surface area (Å²) in [6.45, 7) is 2.48. The van der Waals surface area contributed by atoms with Crippen LogP contribution >= 0.6 is 11.3 Å². The first-order valence-electron chi connectivity index (χ1n) is 6.25. The van der Waals surface area contributed by atoms with E-state index in [-0.39, 0.29) is 18.4 Å². The Kier molecular flexibility index (Phi) is 4.12. The van der Waals surface area contributed by atoms with Gasteiger partial charge >= 0.3 is 0 Å². The molecule has 2 amide bonds. The van der Waals surface area contributed by atoms with Gasteiger partial charge in [0.05, 0.1) is 15.2 Å². The average molecular weight is 292 g/mol. The number of rotatable bonds is 2. The zero-order chi connectivity index (χ0) is 14.8. The number of hydrogen-bond acceptors (Lipinski definition) is 4. The summed E-state index contributed by atoms with van der Waals surface area (Å²) in [4.78, 5) is 26.7. The van der Waals surface area contributed by atoms with E-state index in [9.17, 15) is 9.59 Å². The van der Waals surface area contributed by atoms with Crippen LogP contribution in [0, 0.1) is 17.3 Å². The van der Waals surface area contributed by atoms with E-state index in [0.717, 1.165) is 4.88 Å². The van der Waals surface area contributed by atoms with Crippen LogP contribution in [0.15, 0.2) is 12.1 Å². The van der Waals surface area contributed by atoms with Crippen LogP contribution in [0.2, 0.25) is 0 Å². The highest BCUT2D eigenvalue weighted by atomic mass is 32.1. The van der Waals surface area contributed by atoms with Gasteiger partial charge < -0.3 is 15.7 Å². The summed E-state index contributed by atoms with van der Waals surface area (Å²) in [6, 6.07) is 3.47. The van der Waals surface area contributed by atoms with Crippen molar-refractivity contribution < 1.29 is 14.7 Å². The van der Waals surface area contributed by atoms with Crippen LogP contribution in [0.25, 0.3) is 0 Å². The minimum absolute atomic E-state index is 0.1000. The van der Waals surface area contributed by atoms with Crippen LogP contribution in [0.3, 0.4) is 0 Å². The highest BCUT2D eigenvalue weighted by Gasteiger charge is 2.40. The molecule has 1 saturated heterocycles. The lowest BCUT2D eigenvalue weighted by Gasteiger charge is -2.20. The zero-order valence-electron chi connectivity index (χ0n) is 11.2. The summed E-state index contributed by atoms with van der Waals surface area (Å²) >= 11 is 1.28. The molecule has 6 heteroatoms. The first-order chi connectivity index (χ1) is 9.46. The normalized spacial score (nSPS) is 21.4. The summed E-state index contributed by atoms with van der Waals surface area (Å²) < 4.78 is 0. The van der Waals surface area contributed by atoms with Crippen molar-refractivity contribution >= 4 is 23.2 Å². The Morgan fingerprint density at radius 3 is 2.90 bits per heavy atom. The molecule has 106 valence electrons. The number of thiophene rings is 1. The summed E-state index contributed by atoms with van der Waals surface area (Å²) in [5, 5.41) is 8.64. The number of aliphatic hydroxyl groups excluding tert-OH is 1. The molecule has 1 aromatic heterocycles. The smallest absolute Gasteiger partial charge is 0.263 e. The third-order valence-corrected chi connectivity index (χ3v) is 4.45. The number of carbonyl (C=O) groups excluding carboxylic acids is 2. The molecule has 1 aliphatic heterocycles. The van der Waals surface area contributed by atoms with Crippen LogP contribution in [-0.4, -0.2) is 41.5 Å². The lowest BCUT2D eigenvalue weighted by molar-refractivity contribution is -0.126. The number of nitrogens with two attached hydrogens (primary N) is 1. The maximum atomic E-state index is 12.3. The SMILES string of the molecule is CC1(C(N)=O)CCN(C(=O)c2ccc(C#CCO)s2)C1. The molecule has 5 nitrogen and oxygen atoms in total. The van der Waals surface area contributed by atoms with Gasteiger partial charge in [-0.25, -0.2) is 0 Å². The standard InChI is InChI=1S/C14H16N2O3S/c1-14(13(15)19)6-7-16(9-14)12(18)11-5-4-10(20-11)3-2-8-17/h4-5,17H,6-9H2,1H3,(H2,15,19). The number of carbonyl (C=O) groups is 2. The molecule has 1 aliphatic rings. The van der Waals surface area contributed by atoms with Crippen LogP contribution in [0.4, 0.5) is 0 Å². The Morgan fingerprint density at radius 1 is 1.55 bits per heavy atom. The molecule has 0 aliphatic carbocycles. The quantitative estimate of drug-likeness (QED) is 0.775. The van der Waals surface area contributed by atoms with Gasteiger partial charge in [0.25, 0.3) is 5.91 Å². The van der Waals surface area contributed by atoms with E-state index in [1.807, 2.05) is 0 Å². The van der Waals surface area contributed by atoms with Crippen molar-refractivity contribution in [1.29, 1.82) is 0 Å². The molecule has 0 aromatic carbocycles. The summed E-state index contributed by atoms with van der Waals surface area (Å²) in [5.74, 6) is 4.85. The minimum atomic E-state index is -0.632. The second kappa shape index (κ2) is 5.65. The highest BCUT2D eigenvalue weighted by molar-refractivity contribution is 7.14. The molecule has 20 heavy (non-hydrogen) atoms. The fraction of sp³-hybridized carbons (Fsp3) is 0.429. The Hall–Kier alpha value is -1.84. The van der Waals surface area contributed by atoms with Crippen molar-refractivity contribution in [3.63, 3.8) is 0 Å². The van der Waals surface area contributed by atoms with Gasteiger partial charge in [-0.05, 0) is 25.5 Å². The van der Waals surface area contributed by atoms with Gasteiger partial charge in [0.2, 0.25) is 5.91 Å². The molecule has 1 unspecified atom stereocenters. The first-order valence-corrected chi connectivity index (χ1v) is 7.07. The Bertz CT molecular complexity index is 599. The molecule has 0 saturated carbocycles. The molecule has 1 aromatic rings. The second-order valence-electron chi connectivity index (χ2n) is 5.03. The first kappa shape index (κ1) is 14.6. The van der Waals surface area contributed by atoms with E-state index in [1.54, 1.807) is 24.0 Å². The van der Waals surface area contributed by atoms with Crippen LogP contribution in [0.5, 0.6) is 0 Å². The van der Waals surface area contributed by atoms with Gasteiger partial charge in [-0.3, -0.25) is 9.59 Å². The van der Waals surface area contributed by atoms with Crippen molar-refractivity contribution in [2.45, 2.75) is 13.3 Å². The summed E-state index contributed by atoms with van der Waals surface area (Å²) in [6.07, 6.45) is 0.594. The lowest BCUT2D eigenvalue weighted by Crippen LogP contribution is -2.38. The van der Waals surface area contributed by atoms with E-state index in [4.69, 9.17) is 10.8 Å². The largest absolute Gasteiger partial charge is 0.384 e. The molecule has 1 fully saturated rings. The second-order valence-corrected chi connectivity index (χ2v) is 6.11. The van der Waals surface area contributed by atoms with Gasteiger partial charge in [0, 0.05) is 13.1 Å². The number of amides is 2. The Balaban J connectivity index is 2.09. The number of hydrogen-bond donors (Lipinski definition) is 2. The third-order valence-electron chi connectivity index (χ3n) is 3.46. The van der Waals surface area contributed by atoms with Crippen LogP contribution in [-0.2, 0) is 4.79 Å². The number of primary amides is 1. The molecular formula is C14H16N2O3S. The third kappa shape index (κ3) is 2.84. The van der Waals surface area contributed by atoms with Gasteiger partial charge in [-0.1, -0.05) is 11.8 Å². The van der Waals surface area contributed by atoms with E-state index < -0.39 is 5.41 Å². The molecule has 0 bridgehead atoms. The molecule has 0 spiro atoms. The summed E-state index contributed by atoms with van der Waals surface area (Å²) in [7, 11) is 0. The number of nitrogens with zero attached hydrogens (tertiary/aromatic N) is 1. The molecular weight excluding hydrogens is 276 g/mol.